The van der Waals surface area contributed by atoms with Gasteiger partial charge in [0.25, 0.3) is 5.91 Å². The molecule has 146 valence electrons. The highest BCUT2D eigenvalue weighted by molar-refractivity contribution is 6.10. The number of carbonyl (C=O) groups is 3. The van der Waals surface area contributed by atoms with Crippen LogP contribution in [0.4, 0.5) is 24.5 Å². The van der Waals surface area contributed by atoms with Crippen LogP contribution in [0.5, 0.6) is 0 Å². The highest BCUT2D eigenvalue weighted by Crippen LogP contribution is 2.34. The molecule has 0 aliphatic heterocycles. The van der Waals surface area contributed by atoms with E-state index in [0.717, 1.165) is 18.2 Å². The molecule has 0 spiro atoms. The Hall–Kier alpha value is -3.42. The zero-order chi connectivity index (χ0) is 20.9. The van der Waals surface area contributed by atoms with Gasteiger partial charge in [-0.1, -0.05) is 12.1 Å². The first kappa shape index (κ1) is 20.9. The average molecular weight is 390 g/mol. The number of carbonyl (C=O) groups excluding carboxylic acids is 3. The summed E-state index contributed by atoms with van der Waals surface area (Å²) in [4.78, 5) is 35.4. The Morgan fingerprint density at radius 3 is 2.07 bits per heavy atom. The molecule has 0 aromatic heterocycles. The monoisotopic (exact) mass is 390 g/mol. The number of alkyl halides is 3. The Morgan fingerprint density at radius 1 is 0.893 bits per heavy atom. The van der Waals surface area contributed by atoms with Gasteiger partial charge in [0.2, 0.25) is 5.91 Å². The van der Waals surface area contributed by atoms with Crippen LogP contribution in [0.15, 0.2) is 60.2 Å². The zero-order valence-electron chi connectivity index (χ0n) is 15.1. The molecule has 0 saturated carbocycles. The molecule has 8 heteroatoms. The van der Waals surface area contributed by atoms with Crippen LogP contribution in [0.25, 0.3) is 0 Å². The van der Waals surface area contributed by atoms with E-state index in [1.54, 1.807) is 0 Å². The van der Waals surface area contributed by atoms with Crippen LogP contribution in [-0.4, -0.2) is 17.6 Å². The highest BCUT2D eigenvalue weighted by Gasteiger charge is 2.33. The van der Waals surface area contributed by atoms with Crippen LogP contribution >= 0.6 is 0 Å². The van der Waals surface area contributed by atoms with Gasteiger partial charge in [0, 0.05) is 22.9 Å². The second-order valence-electron chi connectivity index (χ2n) is 5.95. The van der Waals surface area contributed by atoms with E-state index in [2.05, 4.69) is 10.6 Å². The number of hydrogen-bond donors (Lipinski definition) is 2. The summed E-state index contributed by atoms with van der Waals surface area (Å²) in [5, 5.41) is 4.67. The summed E-state index contributed by atoms with van der Waals surface area (Å²) >= 11 is 0. The summed E-state index contributed by atoms with van der Waals surface area (Å²) in [5.74, 6) is -1.59. The largest absolute Gasteiger partial charge is 0.418 e. The van der Waals surface area contributed by atoms with Crippen molar-refractivity contribution in [2.45, 2.75) is 20.0 Å². The third-order valence-electron chi connectivity index (χ3n) is 3.75. The number of nitrogens with one attached hydrogen (secondary N) is 2. The Balaban J connectivity index is 2.07. The molecule has 0 radical (unpaired) electrons. The van der Waals surface area contributed by atoms with Gasteiger partial charge in [-0.15, -0.1) is 0 Å². The Labute approximate surface area is 159 Å². The maximum absolute atomic E-state index is 13.0. The minimum Gasteiger partial charge on any atom is -0.322 e. The number of Topliss-reactive ketones (excluding diaryl/α,β-unsaturated/α-hetero) is 1. The molecule has 0 aliphatic rings. The van der Waals surface area contributed by atoms with Crippen LogP contribution in [-0.2, 0) is 15.8 Å². The van der Waals surface area contributed by atoms with E-state index in [0.29, 0.717) is 11.3 Å². The summed E-state index contributed by atoms with van der Waals surface area (Å²) in [7, 11) is 0. The van der Waals surface area contributed by atoms with Gasteiger partial charge in [-0.3, -0.25) is 14.4 Å². The molecular weight excluding hydrogens is 373 g/mol. The molecule has 0 saturated heterocycles. The van der Waals surface area contributed by atoms with Crippen molar-refractivity contribution in [3.05, 3.63) is 71.3 Å². The number of ketones is 1. The average Bonchev–Trinajstić information content (AvgIpc) is 2.61. The van der Waals surface area contributed by atoms with Gasteiger partial charge in [0.05, 0.1) is 11.3 Å². The van der Waals surface area contributed by atoms with E-state index in [9.17, 15) is 27.6 Å². The fraction of sp³-hybridized carbons (Fsp3) is 0.150. The van der Waals surface area contributed by atoms with Crippen molar-refractivity contribution in [2.75, 3.05) is 10.6 Å². The van der Waals surface area contributed by atoms with E-state index >= 15 is 0 Å². The van der Waals surface area contributed by atoms with Crippen LogP contribution < -0.4 is 10.6 Å². The minimum absolute atomic E-state index is 0.00219. The van der Waals surface area contributed by atoms with Gasteiger partial charge in [-0.05, 0) is 50.2 Å². The summed E-state index contributed by atoms with van der Waals surface area (Å²) in [6.07, 6.45) is -3.71. The van der Waals surface area contributed by atoms with Crippen molar-refractivity contribution in [3.8, 4) is 0 Å². The molecular formula is C20H17F3N2O3. The number of para-hydroxylation sites is 1. The number of benzene rings is 2. The van der Waals surface area contributed by atoms with Gasteiger partial charge >= 0.3 is 6.18 Å². The third kappa shape index (κ3) is 5.54. The predicted octanol–water partition coefficient (Wildman–Crippen LogP) is 4.43. The molecule has 5 nitrogen and oxygen atoms in total. The minimum atomic E-state index is -4.62. The van der Waals surface area contributed by atoms with E-state index in [1.165, 1.54) is 50.2 Å². The number of halogens is 3. The number of anilines is 2. The maximum Gasteiger partial charge on any atom is 0.418 e. The van der Waals surface area contributed by atoms with Crippen molar-refractivity contribution >= 4 is 29.0 Å². The molecule has 2 aromatic carbocycles. The van der Waals surface area contributed by atoms with Crippen molar-refractivity contribution in [3.63, 3.8) is 0 Å². The van der Waals surface area contributed by atoms with Crippen molar-refractivity contribution < 1.29 is 27.6 Å². The zero-order valence-corrected chi connectivity index (χ0v) is 15.1. The first-order valence-corrected chi connectivity index (χ1v) is 8.16. The Bertz CT molecular complexity index is 932. The molecule has 0 atom stereocenters. The lowest BCUT2D eigenvalue weighted by Crippen LogP contribution is -2.18. The van der Waals surface area contributed by atoms with E-state index < -0.39 is 29.2 Å². The lowest BCUT2D eigenvalue weighted by atomic mass is 10.1. The molecule has 0 aliphatic carbocycles. The van der Waals surface area contributed by atoms with Gasteiger partial charge in [-0.25, -0.2) is 0 Å². The first-order chi connectivity index (χ1) is 13.1. The standard InChI is InChI=1S/C20H17F3N2O3/c1-12(19(28)24-15-9-7-14(8-10-15)13(2)26)11-18(27)25-17-6-4-3-5-16(17)20(21,22)23/h3-11H,1-2H3,(H,24,28)(H,25,27)/b12-11-. The SMILES string of the molecule is CC(=O)c1ccc(NC(=O)/C(C)=C\C(=O)Nc2ccccc2C(F)(F)F)cc1. The van der Waals surface area contributed by atoms with E-state index in [-0.39, 0.29) is 11.4 Å². The fourth-order valence-corrected chi connectivity index (χ4v) is 2.29. The topological polar surface area (TPSA) is 75.3 Å². The normalized spacial score (nSPS) is 11.7. The van der Waals surface area contributed by atoms with Crippen molar-refractivity contribution in [1.29, 1.82) is 0 Å². The number of hydrogen-bond acceptors (Lipinski definition) is 3. The predicted molar refractivity (Wildman–Crippen MR) is 98.9 cm³/mol. The maximum atomic E-state index is 13.0. The lowest BCUT2D eigenvalue weighted by molar-refractivity contribution is -0.137. The number of rotatable bonds is 5. The van der Waals surface area contributed by atoms with Crippen LogP contribution in [0.1, 0.15) is 29.8 Å². The van der Waals surface area contributed by atoms with E-state index in [1.807, 2.05) is 0 Å². The smallest absolute Gasteiger partial charge is 0.322 e. The molecule has 0 bridgehead atoms. The molecule has 28 heavy (non-hydrogen) atoms. The summed E-state index contributed by atoms with van der Waals surface area (Å²) in [5.41, 5.74) is -0.495. The van der Waals surface area contributed by atoms with Gasteiger partial charge in [0.1, 0.15) is 0 Å². The summed E-state index contributed by atoms with van der Waals surface area (Å²) in [6.45, 7) is 2.77. The quantitative estimate of drug-likeness (QED) is 0.586. The molecule has 2 aromatic rings. The molecule has 2 amide bonds. The molecule has 2 N–H and O–H groups in total. The molecule has 0 fully saturated rings. The first-order valence-electron chi connectivity index (χ1n) is 8.16. The Kier molecular flexibility index (Phi) is 6.35. The highest BCUT2D eigenvalue weighted by atomic mass is 19.4. The van der Waals surface area contributed by atoms with Gasteiger partial charge in [-0.2, -0.15) is 13.2 Å². The second kappa shape index (κ2) is 8.51. The third-order valence-corrected chi connectivity index (χ3v) is 3.75. The van der Waals surface area contributed by atoms with Crippen molar-refractivity contribution in [1.82, 2.24) is 0 Å². The summed E-state index contributed by atoms with van der Waals surface area (Å²) < 4.78 is 38.9. The fourth-order valence-electron chi connectivity index (χ4n) is 2.29. The Morgan fingerprint density at radius 2 is 1.50 bits per heavy atom. The number of amides is 2. The van der Waals surface area contributed by atoms with Crippen LogP contribution in [0, 0.1) is 0 Å². The lowest BCUT2D eigenvalue weighted by Gasteiger charge is -2.12. The second-order valence-corrected chi connectivity index (χ2v) is 5.95. The van der Waals surface area contributed by atoms with Gasteiger partial charge in [0.15, 0.2) is 5.78 Å². The molecule has 0 unspecified atom stereocenters. The van der Waals surface area contributed by atoms with Crippen LogP contribution in [0.3, 0.4) is 0 Å². The molecule has 2 rings (SSSR count). The van der Waals surface area contributed by atoms with Crippen molar-refractivity contribution in [2.24, 2.45) is 0 Å². The molecule has 0 heterocycles. The van der Waals surface area contributed by atoms with E-state index in [4.69, 9.17) is 0 Å². The van der Waals surface area contributed by atoms with Gasteiger partial charge < -0.3 is 10.6 Å². The summed E-state index contributed by atoms with van der Waals surface area (Å²) in [6, 6.07) is 10.7. The van der Waals surface area contributed by atoms with Crippen LogP contribution in [0.2, 0.25) is 0 Å².